The molecule has 0 saturated carbocycles. The summed E-state index contributed by atoms with van der Waals surface area (Å²) in [5, 5.41) is 3.30. The fraction of sp³-hybridized carbons (Fsp3) is 0.478. The molecule has 2 heterocycles. The van der Waals surface area contributed by atoms with Gasteiger partial charge < -0.3 is 24.5 Å². The lowest BCUT2D eigenvalue weighted by Gasteiger charge is -2.37. The summed E-state index contributed by atoms with van der Waals surface area (Å²) in [5.74, 6) is -0.403. The van der Waals surface area contributed by atoms with Crippen LogP contribution in [0.2, 0.25) is 0 Å². The molecule has 1 fully saturated rings. The number of H-pyrrole nitrogens is 1. The molecule has 3 rings (SSSR count). The van der Waals surface area contributed by atoms with Crippen LogP contribution in [0.3, 0.4) is 0 Å². The number of ether oxygens (including phenoxy) is 3. The number of carbonyl (C=O) groups is 2. The Balaban J connectivity index is 1.79. The predicted molar refractivity (Wildman–Crippen MR) is 117 cm³/mol. The Morgan fingerprint density at radius 2 is 2.03 bits per heavy atom. The van der Waals surface area contributed by atoms with E-state index in [9.17, 15) is 9.59 Å². The maximum atomic E-state index is 12.8. The zero-order chi connectivity index (χ0) is 22.4. The second-order valence-electron chi connectivity index (χ2n) is 8.30. The smallest absolute Gasteiger partial charge is 0.410 e. The van der Waals surface area contributed by atoms with Gasteiger partial charge in [0.15, 0.2) is 0 Å². The second kappa shape index (κ2) is 9.87. The molecule has 1 atom stereocenters. The van der Waals surface area contributed by atoms with Gasteiger partial charge in [-0.1, -0.05) is 24.3 Å². The molecule has 1 amide bonds. The summed E-state index contributed by atoms with van der Waals surface area (Å²) >= 11 is 0. The van der Waals surface area contributed by atoms with Gasteiger partial charge in [-0.15, -0.1) is 0 Å². The standard InChI is InChI=1S/C23H31N3O5/c1-5-30-21(27)20-18(10-11-24-20)25-14-16-8-6-7-9-17(16)19-15-29-13-12-26(19)22(28)31-23(2,3)4/h6-11,19,24-25H,5,12-15H2,1-4H3/t19-/m0/s1. The van der Waals surface area contributed by atoms with Gasteiger partial charge in [0.05, 0.1) is 31.5 Å². The summed E-state index contributed by atoms with van der Waals surface area (Å²) in [6.07, 6.45) is 1.35. The van der Waals surface area contributed by atoms with Crippen LogP contribution >= 0.6 is 0 Å². The van der Waals surface area contributed by atoms with Crippen LogP contribution in [0.25, 0.3) is 0 Å². The number of rotatable bonds is 6. The largest absolute Gasteiger partial charge is 0.461 e. The van der Waals surface area contributed by atoms with E-state index in [0.29, 0.717) is 44.3 Å². The molecule has 168 valence electrons. The molecule has 0 radical (unpaired) electrons. The van der Waals surface area contributed by atoms with E-state index < -0.39 is 11.6 Å². The first-order valence-corrected chi connectivity index (χ1v) is 10.5. The van der Waals surface area contributed by atoms with Crippen LogP contribution in [-0.2, 0) is 20.8 Å². The Morgan fingerprint density at radius 3 is 2.77 bits per heavy atom. The molecular weight excluding hydrogens is 398 g/mol. The van der Waals surface area contributed by atoms with Gasteiger partial charge in [-0.2, -0.15) is 0 Å². The molecule has 1 aliphatic rings. The number of aromatic amines is 1. The number of morpholine rings is 1. The molecule has 1 aromatic carbocycles. The van der Waals surface area contributed by atoms with Crippen molar-refractivity contribution in [3.63, 3.8) is 0 Å². The highest BCUT2D eigenvalue weighted by Crippen LogP contribution is 2.29. The van der Waals surface area contributed by atoms with E-state index in [1.165, 1.54) is 0 Å². The number of aromatic nitrogens is 1. The third kappa shape index (κ3) is 5.79. The van der Waals surface area contributed by atoms with Crippen LogP contribution < -0.4 is 5.32 Å². The number of nitrogens with zero attached hydrogens (tertiary/aromatic N) is 1. The Hall–Kier alpha value is -3.00. The van der Waals surface area contributed by atoms with Crippen LogP contribution in [-0.4, -0.2) is 53.9 Å². The lowest BCUT2D eigenvalue weighted by Crippen LogP contribution is -2.46. The number of nitrogens with one attached hydrogen (secondary N) is 2. The van der Waals surface area contributed by atoms with Crippen LogP contribution in [0, 0.1) is 0 Å². The van der Waals surface area contributed by atoms with Gasteiger partial charge in [-0.25, -0.2) is 9.59 Å². The summed E-state index contributed by atoms with van der Waals surface area (Å²) in [4.78, 5) is 29.6. The molecule has 0 spiro atoms. The Kier molecular flexibility index (Phi) is 7.22. The average Bonchev–Trinajstić information content (AvgIpc) is 3.20. The van der Waals surface area contributed by atoms with Crippen molar-refractivity contribution in [2.24, 2.45) is 0 Å². The van der Waals surface area contributed by atoms with E-state index in [4.69, 9.17) is 14.2 Å². The third-order valence-corrected chi connectivity index (χ3v) is 4.87. The highest BCUT2D eigenvalue weighted by Gasteiger charge is 2.33. The van der Waals surface area contributed by atoms with Crippen molar-refractivity contribution in [3.05, 3.63) is 53.3 Å². The minimum Gasteiger partial charge on any atom is -0.461 e. The highest BCUT2D eigenvalue weighted by molar-refractivity contribution is 5.93. The van der Waals surface area contributed by atoms with Crippen molar-refractivity contribution in [1.82, 2.24) is 9.88 Å². The molecule has 8 heteroatoms. The molecule has 0 bridgehead atoms. The quantitative estimate of drug-likeness (QED) is 0.672. The fourth-order valence-corrected chi connectivity index (χ4v) is 3.50. The van der Waals surface area contributed by atoms with Gasteiger partial charge in [-0.05, 0) is 44.9 Å². The zero-order valence-corrected chi connectivity index (χ0v) is 18.6. The summed E-state index contributed by atoms with van der Waals surface area (Å²) in [6.45, 7) is 9.46. The molecular formula is C23H31N3O5. The molecule has 1 saturated heterocycles. The lowest BCUT2D eigenvalue weighted by molar-refractivity contribution is -0.0332. The molecule has 1 aliphatic heterocycles. The molecule has 31 heavy (non-hydrogen) atoms. The van der Waals surface area contributed by atoms with Crippen molar-refractivity contribution in [2.45, 2.75) is 45.9 Å². The summed E-state index contributed by atoms with van der Waals surface area (Å²) in [5.41, 5.74) is 2.46. The SMILES string of the molecule is CCOC(=O)c1[nH]ccc1NCc1ccccc1[C@@H]1COCCN1C(=O)OC(C)(C)C. The zero-order valence-electron chi connectivity index (χ0n) is 18.6. The van der Waals surface area contributed by atoms with Crippen LogP contribution in [0.4, 0.5) is 10.5 Å². The Bertz CT molecular complexity index is 903. The second-order valence-corrected chi connectivity index (χ2v) is 8.30. The average molecular weight is 430 g/mol. The van der Waals surface area contributed by atoms with Gasteiger partial charge in [0.1, 0.15) is 11.3 Å². The van der Waals surface area contributed by atoms with Gasteiger partial charge in [0, 0.05) is 19.3 Å². The van der Waals surface area contributed by atoms with E-state index in [0.717, 1.165) is 11.1 Å². The van der Waals surface area contributed by atoms with Crippen molar-refractivity contribution in [1.29, 1.82) is 0 Å². The first-order chi connectivity index (χ1) is 14.8. The van der Waals surface area contributed by atoms with E-state index in [1.807, 2.05) is 45.0 Å². The number of amides is 1. The molecule has 2 aromatic rings. The normalized spacial score (nSPS) is 16.6. The van der Waals surface area contributed by atoms with Gasteiger partial charge in [-0.3, -0.25) is 4.90 Å². The van der Waals surface area contributed by atoms with Crippen molar-refractivity contribution >= 4 is 17.7 Å². The van der Waals surface area contributed by atoms with E-state index >= 15 is 0 Å². The Labute approximate surface area is 182 Å². The number of carbonyl (C=O) groups excluding carboxylic acids is 2. The highest BCUT2D eigenvalue weighted by atomic mass is 16.6. The van der Waals surface area contributed by atoms with Crippen molar-refractivity contribution < 1.29 is 23.8 Å². The van der Waals surface area contributed by atoms with Gasteiger partial charge in [0.2, 0.25) is 0 Å². The van der Waals surface area contributed by atoms with E-state index in [-0.39, 0.29) is 12.1 Å². The van der Waals surface area contributed by atoms with Gasteiger partial charge >= 0.3 is 12.1 Å². The summed E-state index contributed by atoms with van der Waals surface area (Å²) in [7, 11) is 0. The van der Waals surface area contributed by atoms with Crippen molar-refractivity contribution in [2.75, 3.05) is 31.7 Å². The number of esters is 1. The van der Waals surface area contributed by atoms with Crippen LogP contribution in [0.5, 0.6) is 0 Å². The first-order valence-electron chi connectivity index (χ1n) is 10.5. The minimum absolute atomic E-state index is 0.252. The third-order valence-electron chi connectivity index (χ3n) is 4.87. The number of benzene rings is 1. The topological polar surface area (TPSA) is 92.9 Å². The van der Waals surface area contributed by atoms with Crippen LogP contribution in [0.1, 0.15) is 55.4 Å². The summed E-state index contributed by atoms with van der Waals surface area (Å²) < 4.78 is 16.4. The Morgan fingerprint density at radius 1 is 1.26 bits per heavy atom. The van der Waals surface area contributed by atoms with Gasteiger partial charge in [0.25, 0.3) is 0 Å². The molecule has 2 N–H and O–H groups in total. The minimum atomic E-state index is -0.571. The maximum Gasteiger partial charge on any atom is 0.410 e. The molecule has 0 aliphatic carbocycles. The fourth-order valence-electron chi connectivity index (χ4n) is 3.50. The lowest BCUT2D eigenvalue weighted by atomic mass is 9.98. The number of hydrogen-bond donors (Lipinski definition) is 2. The molecule has 0 unspecified atom stereocenters. The molecule has 1 aromatic heterocycles. The summed E-state index contributed by atoms with van der Waals surface area (Å²) in [6, 6.07) is 9.44. The monoisotopic (exact) mass is 429 g/mol. The van der Waals surface area contributed by atoms with Crippen LogP contribution in [0.15, 0.2) is 36.5 Å². The van der Waals surface area contributed by atoms with Crippen molar-refractivity contribution in [3.8, 4) is 0 Å². The maximum absolute atomic E-state index is 12.8. The number of anilines is 1. The first kappa shape index (κ1) is 22.7. The predicted octanol–water partition coefficient (Wildman–Crippen LogP) is 4.11. The van der Waals surface area contributed by atoms with E-state index in [1.54, 1.807) is 24.1 Å². The molecule has 8 nitrogen and oxygen atoms in total. The van der Waals surface area contributed by atoms with E-state index in [2.05, 4.69) is 10.3 Å². The number of hydrogen-bond acceptors (Lipinski definition) is 6.